The first-order chi connectivity index (χ1) is 9.20. The van der Waals surface area contributed by atoms with Gasteiger partial charge in [-0.15, -0.1) is 11.3 Å². The number of hydrogen-bond donors (Lipinski definition) is 0. The summed E-state index contributed by atoms with van der Waals surface area (Å²) in [4.78, 5) is 26.4. The van der Waals surface area contributed by atoms with Crippen LogP contribution in [0.4, 0.5) is 5.69 Å². The number of aromatic nitrogens is 2. The number of fused-ring (bicyclic) bond motifs is 1. The second-order valence-electron chi connectivity index (χ2n) is 3.82. The summed E-state index contributed by atoms with van der Waals surface area (Å²) in [6, 6.07) is 5.99. The van der Waals surface area contributed by atoms with E-state index in [4.69, 9.17) is 0 Å². The molecule has 1 aromatic carbocycles. The smallest absolute Gasteiger partial charge is 0.269 e. The quantitative estimate of drug-likeness (QED) is 0.417. The number of carbonyl (C=O) groups is 1. The Bertz CT molecular complexity index is 773. The van der Waals surface area contributed by atoms with E-state index in [1.165, 1.54) is 23.5 Å². The predicted molar refractivity (Wildman–Crippen MR) is 70.5 cm³/mol. The molecular formula is C12H7N3O3S. The first kappa shape index (κ1) is 11.5. The van der Waals surface area contributed by atoms with Crippen LogP contribution >= 0.6 is 11.3 Å². The minimum Gasteiger partial charge on any atom is -0.296 e. The van der Waals surface area contributed by atoms with Gasteiger partial charge in [0.25, 0.3) is 5.69 Å². The molecule has 0 bridgehead atoms. The molecule has 0 saturated heterocycles. The van der Waals surface area contributed by atoms with Crippen LogP contribution in [0.2, 0.25) is 0 Å². The third kappa shape index (κ3) is 1.80. The minimum atomic E-state index is -0.462. The van der Waals surface area contributed by atoms with Crippen molar-refractivity contribution in [3.63, 3.8) is 0 Å². The Morgan fingerprint density at radius 3 is 2.68 bits per heavy atom. The normalized spacial score (nSPS) is 10.7. The van der Waals surface area contributed by atoms with Crippen LogP contribution in [-0.4, -0.2) is 20.6 Å². The monoisotopic (exact) mass is 273 g/mol. The minimum absolute atomic E-state index is 0.0115. The summed E-state index contributed by atoms with van der Waals surface area (Å²) in [6.45, 7) is 0. The number of non-ortho nitro benzene ring substituents is 1. The number of imidazole rings is 1. The van der Waals surface area contributed by atoms with E-state index in [1.807, 2.05) is 5.38 Å². The average Bonchev–Trinajstić information content (AvgIpc) is 2.98. The summed E-state index contributed by atoms with van der Waals surface area (Å²) < 4.78 is 1.70. The Balaban J connectivity index is 2.15. The third-order valence-electron chi connectivity index (χ3n) is 2.76. The zero-order valence-corrected chi connectivity index (χ0v) is 10.3. The molecule has 19 heavy (non-hydrogen) atoms. The number of nitrogens with zero attached hydrogens (tertiary/aromatic N) is 3. The molecule has 2 heterocycles. The molecule has 0 amide bonds. The molecule has 0 fully saturated rings. The van der Waals surface area contributed by atoms with Crippen LogP contribution in [0.1, 0.15) is 10.5 Å². The molecule has 3 aromatic rings. The summed E-state index contributed by atoms with van der Waals surface area (Å²) in [5.74, 6) is 0. The first-order valence-corrected chi connectivity index (χ1v) is 6.24. The number of carbonyl (C=O) groups excluding carboxylic acids is 1. The van der Waals surface area contributed by atoms with Crippen molar-refractivity contribution in [2.75, 3.05) is 0 Å². The highest BCUT2D eigenvalue weighted by atomic mass is 32.1. The molecule has 0 unspecified atom stereocenters. The van der Waals surface area contributed by atoms with Crippen molar-refractivity contribution < 1.29 is 9.72 Å². The lowest BCUT2D eigenvalue weighted by atomic mass is 10.1. The molecule has 0 aliphatic carbocycles. The largest absolute Gasteiger partial charge is 0.296 e. The maximum Gasteiger partial charge on any atom is 0.269 e. The summed E-state index contributed by atoms with van der Waals surface area (Å²) in [7, 11) is 0. The molecule has 94 valence electrons. The maximum atomic E-state index is 11.2. The number of thiazole rings is 1. The summed E-state index contributed by atoms with van der Waals surface area (Å²) in [5.41, 5.74) is 1.68. The van der Waals surface area contributed by atoms with Crippen LogP contribution in [0.3, 0.4) is 0 Å². The molecule has 7 heteroatoms. The number of aldehydes is 1. The second-order valence-corrected chi connectivity index (χ2v) is 4.70. The number of rotatable bonds is 3. The molecule has 6 nitrogen and oxygen atoms in total. The highest BCUT2D eigenvalue weighted by Crippen LogP contribution is 2.26. The summed E-state index contributed by atoms with van der Waals surface area (Å²) >= 11 is 1.43. The third-order valence-corrected chi connectivity index (χ3v) is 3.52. The Hall–Kier alpha value is -2.54. The Kier molecular flexibility index (Phi) is 2.60. The zero-order valence-electron chi connectivity index (χ0n) is 9.52. The van der Waals surface area contributed by atoms with E-state index in [0.717, 1.165) is 11.2 Å². The van der Waals surface area contributed by atoms with Crippen molar-refractivity contribution in [3.8, 4) is 11.3 Å². The van der Waals surface area contributed by atoms with Crippen LogP contribution in [0.15, 0.2) is 35.8 Å². The maximum absolute atomic E-state index is 11.2. The van der Waals surface area contributed by atoms with E-state index in [0.29, 0.717) is 17.0 Å². The fourth-order valence-corrected chi connectivity index (χ4v) is 2.59. The van der Waals surface area contributed by atoms with Crippen LogP contribution in [0, 0.1) is 10.1 Å². The topological polar surface area (TPSA) is 77.5 Å². The number of hydrogen-bond acceptors (Lipinski definition) is 5. The van der Waals surface area contributed by atoms with Crippen LogP contribution in [0.5, 0.6) is 0 Å². The average molecular weight is 273 g/mol. The molecule has 0 atom stereocenters. The van der Waals surface area contributed by atoms with Crippen LogP contribution < -0.4 is 0 Å². The van der Waals surface area contributed by atoms with Crippen molar-refractivity contribution in [1.82, 2.24) is 9.38 Å². The lowest BCUT2D eigenvalue weighted by Crippen LogP contribution is -1.91. The molecule has 3 rings (SSSR count). The highest BCUT2D eigenvalue weighted by molar-refractivity contribution is 7.15. The Morgan fingerprint density at radius 2 is 2.05 bits per heavy atom. The lowest BCUT2D eigenvalue weighted by molar-refractivity contribution is -0.384. The van der Waals surface area contributed by atoms with E-state index >= 15 is 0 Å². The van der Waals surface area contributed by atoms with E-state index in [-0.39, 0.29) is 5.69 Å². The van der Waals surface area contributed by atoms with Gasteiger partial charge in [-0.05, 0) is 12.1 Å². The Labute approximate surface area is 111 Å². The van der Waals surface area contributed by atoms with Crippen LogP contribution in [-0.2, 0) is 0 Å². The zero-order chi connectivity index (χ0) is 13.4. The molecule has 2 aromatic heterocycles. The molecule has 0 spiro atoms. The predicted octanol–water partition coefficient (Wildman–Crippen LogP) is 2.78. The molecule has 0 N–H and O–H groups in total. The fourth-order valence-electron chi connectivity index (χ4n) is 1.87. The van der Waals surface area contributed by atoms with E-state index < -0.39 is 4.92 Å². The second kappa shape index (κ2) is 4.29. The van der Waals surface area contributed by atoms with E-state index in [1.54, 1.807) is 22.7 Å². The van der Waals surface area contributed by atoms with Gasteiger partial charge in [-0.2, -0.15) is 0 Å². The first-order valence-electron chi connectivity index (χ1n) is 5.36. The van der Waals surface area contributed by atoms with Gasteiger partial charge in [0.1, 0.15) is 11.4 Å². The van der Waals surface area contributed by atoms with E-state index in [9.17, 15) is 14.9 Å². The number of nitro groups is 1. The molecule has 0 saturated carbocycles. The fraction of sp³-hybridized carbons (Fsp3) is 0. The lowest BCUT2D eigenvalue weighted by Gasteiger charge is -1.98. The summed E-state index contributed by atoms with van der Waals surface area (Å²) in [6.07, 6.45) is 2.51. The number of nitro benzene ring substituents is 1. The van der Waals surface area contributed by atoms with Gasteiger partial charge < -0.3 is 0 Å². The van der Waals surface area contributed by atoms with Crippen molar-refractivity contribution in [1.29, 1.82) is 0 Å². The van der Waals surface area contributed by atoms with Gasteiger partial charge in [0.15, 0.2) is 11.2 Å². The van der Waals surface area contributed by atoms with Gasteiger partial charge in [-0.25, -0.2) is 4.98 Å². The van der Waals surface area contributed by atoms with Gasteiger partial charge >= 0.3 is 0 Å². The SMILES string of the molecule is O=Cc1c(-c2ccc([N+](=O)[O-])cc2)nc2sccn12. The molecular weight excluding hydrogens is 266 g/mol. The van der Waals surface area contributed by atoms with Crippen molar-refractivity contribution in [2.45, 2.75) is 0 Å². The summed E-state index contributed by atoms with van der Waals surface area (Å²) in [5, 5.41) is 12.4. The number of benzene rings is 1. The molecule has 0 aliphatic rings. The van der Waals surface area contributed by atoms with Crippen molar-refractivity contribution in [2.24, 2.45) is 0 Å². The molecule has 0 aliphatic heterocycles. The van der Waals surface area contributed by atoms with Crippen molar-refractivity contribution in [3.05, 3.63) is 51.7 Å². The van der Waals surface area contributed by atoms with Gasteiger partial charge in [-0.3, -0.25) is 19.3 Å². The van der Waals surface area contributed by atoms with Gasteiger partial charge in [0.05, 0.1) is 4.92 Å². The van der Waals surface area contributed by atoms with Gasteiger partial charge in [0, 0.05) is 29.3 Å². The van der Waals surface area contributed by atoms with Crippen LogP contribution in [0.25, 0.3) is 16.2 Å². The standard InChI is InChI=1S/C12H7N3O3S/c16-7-10-11(13-12-14(10)5-6-19-12)8-1-3-9(4-2-8)15(17)18/h1-7H. The Morgan fingerprint density at radius 1 is 1.32 bits per heavy atom. The highest BCUT2D eigenvalue weighted by Gasteiger charge is 2.15. The van der Waals surface area contributed by atoms with Gasteiger partial charge in [0.2, 0.25) is 0 Å². The van der Waals surface area contributed by atoms with Gasteiger partial charge in [-0.1, -0.05) is 0 Å². The molecule has 0 radical (unpaired) electrons. The van der Waals surface area contributed by atoms with E-state index in [2.05, 4.69) is 4.98 Å². The van der Waals surface area contributed by atoms with Crippen molar-refractivity contribution >= 4 is 28.3 Å².